The smallest absolute Gasteiger partial charge is 0.343 e. The van der Waals surface area contributed by atoms with Gasteiger partial charge in [0.05, 0.1) is 37.5 Å². The molecule has 0 radical (unpaired) electrons. The van der Waals surface area contributed by atoms with E-state index in [0.717, 1.165) is 0 Å². The number of ether oxygens (including phenoxy) is 3. The number of nitrogens with zero attached hydrogens (tertiary/aromatic N) is 2. The van der Waals surface area contributed by atoms with Gasteiger partial charge in [0, 0.05) is 17.7 Å². The summed E-state index contributed by atoms with van der Waals surface area (Å²) in [5.41, 5.74) is 3.23. The first-order valence-corrected chi connectivity index (χ1v) is 10.7. The Kier molecular flexibility index (Phi) is 8.86. The zero-order chi connectivity index (χ0) is 26.8. The summed E-state index contributed by atoms with van der Waals surface area (Å²) in [5.74, 6) is -0.572. The van der Waals surface area contributed by atoms with E-state index < -0.39 is 22.7 Å². The largest absolute Gasteiger partial charge is 0.493 e. The van der Waals surface area contributed by atoms with E-state index in [1.807, 2.05) is 0 Å². The Labute approximate surface area is 211 Å². The molecule has 0 saturated carbocycles. The molecule has 0 aromatic heterocycles. The number of benzene rings is 3. The lowest BCUT2D eigenvalue weighted by atomic mass is 10.2. The van der Waals surface area contributed by atoms with E-state index in [1.54, 1.807) is 24.3 Å². The van der Waals surface area contributed by atoms with Gasteiger partial charge in [-0.1, -0.05) is 0 Å². The number of amides is 2. The van der Waals surface area contributed by atoms with Gasteiger partial charge in [-0.3, -0.25) is 19.7 Å². The van der Waals surface area contributed by atoms with Crippen molar-refractivity contribution in [2.24, 2.45) is 5.10 Å². The number of hydrazone groups is 1. The highest BCUT2D eigenvalue weighted by Gasteiger charge is 2.13. The molecular weight excluding hydrogens is 484 g/mol. The molecule has 12 heteroatoms. The quantitative estimate of drug-likeness (QED) is 0.140. The summed E-state index contributed by atoms with van der Waals surface area (Å²) in [5, 5.41) is 17.0. The molecule has 190 valence electrons. The third-order valence-electron chi connectivity index (χ3n) is 4.86. The highest BCUT2D eigenvalue weighted by molar-refractivity contribution is 5.97. The minimum absolute atomic E-state index is 0.132. The lowest BCUT2D eigenvalue weighted by Gasteiger charge is -2.09. The van der Waals surface area contributed by atoms with Crippen LogP contribution in [-0.2, 0) is 4.79 Å². The molecule has 0 aliphatic heterocycles. The number of nitro benzene ring substituents is 1. The average Bonchev–Trinajstić information content (AvgIpc) is 2.92. The fourth-order valence-electron chi connectivity index (χ4n) is 2.97. The summed E-state index contributed by atoms with van der Waals surface area (Å²) >= 11 is 0. The number of rotatable bonds is 10. The third kappa shape index (κ3) is 7.36. The van der Waals surface area contributed by atoms with Crippen molar-refractivity contribution in [1.82, 2.24) is 10.7 Å². The summed E-state index contributed by atoms with van der Waals surface area (Å²) in [6.45, 7) is -0.304. The van der Waals surface area contributed by atoms with Crippen LogP contribution in [0.2, 0.25) is 0 Å². The second-order valence-corrected chi connectivity index (χ2v) is 7.31. The number of carbonyl (C=O) groups is 3. The molecule has 3 aromatic carbocycles. The molecule has 0 heterocycles. The first-order valence-electron chi connectivity index (χ1n) is 10.7. The molecule has 12 nitrogen and oxygen atoms in total. The van der Waals surface area contributed by atoms with Crippen LogP contribution in [0.5, 0.6) is 17.2 Å². The summed E-state index contributed by atoms with van der Waals surface area (Å²) in [7, 11) is 2.93. The summed E-state index contributed by atoms with van der Waals surface area (Å²) in [6.07, 6.45) is 1.37. The lowest BCUT2D eigenvalue weighted by Crippen LogP contribution is -2.34. The fourth-order valence-corrected chi connectivity index (χ4v) is 2.97. The molecule has 2 N–H and O–H groups in total. The summed E-state index contributed by atoms with van der Waals surface area (Å²) < 4.78 is 15.5. The normalized spacial score (nSPS) is 10.4. The molecule has 2 amide bonds. The van der Waals surface area contributed by atoms with E-state index in [9.17, 15) is 24.5 Å². The molecule has 0 spiro atoms. The maximum atomic E-state index is 12.3. The van der Waals surface area contributed by atoms with Gasteiger partial charge in [-0.2, -0.15) is 5.10 Å². The molecule has 0 fully saturated rings. The zero-order valence-electron chi connectivity index (χ0n) is 19.8. The molecule has 0 aliphatic carbocycles. The van der Waals surface area contributed by atoms with Crippen LogP contribution in [0.4, 0.5) is 5.69 Å². The average molecular weight is 506 g/mol. The van der Waals surface area contributed by atoms with Crippen LogP contribution in [0.3, 0.4) is 0 Å². The zero-order valence-corrected chi connectivity index (χ0v) is 19.8. The molecule has 0 atom stereocenters. The van der Waals surface area contributed by atoms with Gasteiger partial charge in [0.2, 0.25) is 0 Å². The summed E-state index contributed by atoms with van der Waals surface area (Å²) in [4.78, 5) is 46.6. The van der Waals surface area contributed by atoms with E-state index >= 15 is 0 Å². The Morgan fingerprint density at radius 3 is 2.19 bits per heavy atom. The predicted octanol–water partition coefficient (Wildman–Crippen LogP) is 2.71. The van der Waals surface area contributed by atoms with Crippen molar-refractivity contribution in [2.75, 3.05) is 20.8 Å². The first-order chi connectivity index (χ1) is 17.8. The lowest BCUT2D eigenvalue weighted by molar-refractivity contribution is -0.384. The number of non-ortho nitro benzene ring substituents is 1. The van der Waals surface area contributed by atoms with Crippen molar-refractivity contribution in [2.45, 2.75) is 0 Å². The third-order valence-corrected chi connectivity index (χ3v) is 4.86. The molecule has 0 aliphatic rings. The number of nitro groups is 1. The second-order valence-electron chi connectivity index (χ2n) is 7.31. The van der Waals surface area contributed by atoms with E-state index in [2.05, 4.69) is 15.8 Å². The summed E-state index contributed by atoms with van der Waals surface area (Å²) in [6, 6.07) is 15.9. The van der Waals surface area contributed by atoms with Crippen LogP contribution in [0.15, 0.2) is 71.8 Å². The van der Waals surface area contributed by atoms with Gasteiger partial charge in [0.15, 0.2) is 11.5 Å². The first kappa shape index (κ1) is 26.3. The van der Waals surface area contributed by atoms with Crippen LogP contribution in [-0.4, -0.2) is 49.7 Å². The molecule has 37 heavy (non-hydrogen) atoms. The number of methoxy groups -OCH3 is 2. The van der Waals surface area contributed by atoms with Gasteiger partial charge in [-0.15, -0.1) is 0 Å². The highest BCUT2D eigenvalue weighted by Crippen LogP contribution is 2.27. The van der Waals surface area contributed by atoms with Crippen molar-refractivity contribution < 1.29 is 33.5 Å². The Bertz CT molecular complexity index is 1320. The van der Waals surface area contributed by atoms with E-state index in [4.69, 9.17) is 14.2 Å². The SMILES string of the molecule is COc1ccc(C(=O)NCC(=O)N/N=C/c2ccc(OC(=O)c3ccc([N+](=O)[O-])cc3)cc2)cc1OC. The van der Waals surface area contributed by atoms with Gasteiger partial charge in [-0.05, 0) is 60.2 Å². The van der Waals surface area contributed by atoms with Gasteiger partial charge >= 0.3 is 5.97 Å². The Morgan fingerprint density at radius 2 is 1.57 bits per heavy atom. The minimum atomic E-state index is -0.668. The van der Waals surface area contributed by atoms with Crippen LogP contribution >= 0.6 is 0 Å². The van der Waals surface area contributed by atoms with Crippen LogP contribution in [0.1, 0.15) is 26.3 Å². The molecule has 0 bridgehead atoms. The minimum Gasteiger partial charge on any atom is -0.493 e. The maximum absolute atomic E-state index is 12.3. The standard InChI is InChI=1S/C25H22N4O8/c1-35-21-12-7-18(13-22(21)36-2)24(31)26-15-23(30)28-27-14-16-3-10-20(11-4-16)37-25(32)17-5-8-19(9-6-17)29(33)34/h3-14H,15H2,1-2H3,(H,26,31)(H,28,30)/b27-14+. The number of hydrogen-bond donors (Lipinski definition) is 2. The molecule has 3 rings (SSSR count). The number of esters is 1. The maximum Gasteiger partial charge on any atom is 0.343 e. The van der Waals surface area contributed by atoms with Crippen molar-refractivity contribution in [1.29, 1.82) is 0 Å². The van der Waals surface area contributed by atoms with Crippen molar-refractivity contribution >= 4 is 29.7 Å². The molecular formula is C25H22N4O8. The van der Waals surface area contributed by atoms with Gasteiger partial charge in [-0.25, -0.2) is 10.2 Å². The number of carbonyl (C=O) groups excluding carboxylic acids is 3. The second kappa shape index (κ2) is 12.4. The van der Waals surface area contributed by atoms with Crippen LogP contribution in [0.25, 0.3) is 0 Å². The van der Waals surface area contributed by atoms with Gasteiger partial charge in [0.1, 0.15) is 5.75 Å². The van der Waals surface area contributed by atoms with Gasteiger partial charge in [0.25, 0.3) is 17.5 Å². The topological polar surface area (TPSA) is 158 Å². The van der Waals surface area contributed by atoms with Crippen molar-refractivity contribution in [3.63, 3.8) is 0 Å². The van der Waals surface area contributed by atoms with Gasteiger partial charge < -0.3 is 19.5 Å². The predicted molar refractivity (Wildman–Crippen MR) is 132 cm³/mol. The monoisotopic (exact) mass is 506 g/mol. The Balaban J connectivity index is 1.46. The number of nitrogens with one attached hydrogen (secondary N) is 2. The number of hydrogen-bond acceptors (Lipinski definition) is 9. The van der Waals surface area contributed by atoms with Crippen molar-refractivity contribution in [3.05, 3.63) is 93.5 Å². The Hall–Kier alpha value is -5.26. The van der Waals surface area contributed by atoms with Crippen LogP contribution in [0, 0.1) is 10.1 Å². The highest BCUT2D eigenvalue weighted by atomic mass is 16.6. The van der Waals surface area contributed by atoms with E-state index in [0.29, 0.717) is 22.6 Å². The molecule has 3 aromatic rings. The molecule has 0 saturated heterocycles. The van der Waals surface area contributed by atoms with Crippen LogP contribution < -0.4 is 25.0 Å². The Morgan fingerprint density at radius 1 is 0.919 bits per heavy atom. The van der Waals surface area contributed by atoms with Crippen molar-refractivity contribution in [3.8, 4) is 17.2 Å². The molecule has 0 unspecified atom stereocenters. The van der Waals surface area contributed by atoms with E-state index in [1.165, 1.54) is 62.9 Å². The van der Waals surface area contributed by atoms with E-state index in [-0.39, 0.29) is 23.5 Å². The fraction of sp³-hybridized carbons (Fsp3) is 0.120.